The summed E-state index contributed by atoms with van der Waals surface area (Å²) in [5.74, 6) is -1.05. The fourth-order valence-electron chi connectivity index (χ4n) is 1.53. The quantitative estimate of drug-likeness (QED) is 0.846. The molecule has 0 aliphatic heterocycles. The number of halogens is 1. The van der Waals surface area contributed by atoms with Crippen LogP contribution in [0.1, 0.15) is 10.4 Å². The molecule has 98 valence electrons. The highest BCUT2D eigenvalue weighted by Gasteiger charge is 2.10. The molecule has 0 spiro atoms. The lowest BCUT2D eigenvalue weighted by molar-refractivity contribution is 0.100. The number of carbonyl (C=O) groups is 1. The van der Waals surface area contributed by atoms with Gasteiger partial charge in [0.25, 0.3) is 5.91 Å². The average molecular weight is 277 g/mol. The third-order valence-corrected chi connectivity index (χ3v) is 4.19. The van der Waals surface area contributed by atoms with Gasteiger partial charge in [0.15, 0.2) is 0 Å². The van der Waals surface area contributed by atoms with E-state index in [4.69, 9.17) is 0 Å². The Hall–Kier alpha value is -2.01. The van der Waals surface area contributed by atoms with Crippen LogP contribution in [0.3, 0.4) is 0 Å². The van der Waals surface area contributed by atoms with Crippen molar-refractivity contribution < 1.29 is 13.4 Å². The zero-order chi connectivity index (χ0) is 13.9. The Morgan fingerprint density at radius 3 is 2.21 bits per heavy atom. The van der Waals surface area contributed by atoms with Gasteiger partial charge in [-0.15, -0.1) is 0 Å². The number of nitrogens with zero attached hydrogens (tertiary/aromatic N) is 1. The summed E-state index contributed by atoms with van der Waals surface area (Å²) in [5.41, 5.74) is 0.215. The highest BCUT2D eigenvalue weighted by molar-refractivity contribution is 7.93. The first-order chi connectivity index (χ1) is 8.99. The van der Waals surface area contributed by atoms with E-state index in [0.29, 0.717) is 4.90 Å². The summed E-state index contributed by atoms with van der Waals surface area (Å²) in [4.78, 5) is 12.4. The molecule has 0 N–H and O–H groups in total. The van der Waals surface area contributed by atoms with Gasteiger partial charge in [-0.25, -0.2) is 8.60 Å². The summed E-state index contributed by atoms with van der Waals surface area (Å²) in [6.45, 7) is 0. The Labute approximate surface area is 111 Å². The van der Waals surface area contributed by atoms with E-state index in [1.807, 2.05) is 0 Å². The van der Waals surface area contributed by atoms with Crippen LogP contribution < -0.4 is 0 Å². The van der Waals surface area contributed by atoms with Crippen molar-refractivity contribution in [2.75, 3.05) is 6.26 Å². The van der Waals surface area contributed by atoms with E-state index in [1.165, 1.54) is 30.5 Å². The zero-order valence-electron chi connectivity index (χ0n) is 10.2. The first-order valence-corrected chi connectivity index (χ1v) is 7.48. The largest absolute Gasteiger partial charge is 0.285 e. The lowest BCUT2D eigenvalue weighted by Crippen LogP contribution is -2.03. The minimum Gasteiger partial charge on any atom is -0.266 e. The maximum Gasteiger partial charge on any atom is 0.285 e. The first-order valence-electron chi connectivity index (χ1n) is 5.56. The molecule has 0 fully saturated rings. The van der Waals surface area contributed by atoms with E-state index in [2.05, 4.69) is 4.36 Å². The Balaban J connectivity index is 2.38. The highest BCUT2D eigenvalue weighted by atomic mass is 32.2. The number of hydrogen-bond donors (Lipinski definition) is 0. The molecular weight excluding hydrogens is 265 g/mol. The van der Waals surface area contributed by atoms with Crippen LogP contribution in [0.5, 0.6) is 0 Å². The molecule has 2 aromatic rings. The Bertz CT molecular complexity index is 702. The van der Waals surface area contributed by atoms with Gasteiger partial charge in [0.1, 0.15) is 5.82 Å². The molecule has 0 aliphatic carbocycles. The van der Waals surface area contributed by atoms with Crippen LogP contribution in [0.4, 0.5) is 4.39 Å². The molecule has 0 bridgehead atoms. The van der Waals surface area contributed by atoms with E-state index in [0.717, 1.165) is 0 Å². The van der Waals surface area contributed by atoms with E-state index in [9.17, 15) is 13.4 Å². The third-order valence-electron chi connectivity index (χ3n) is 2.53. The van der Waals surface area contributed by atoms with Crippen molar-refractivity contribution in [3.05, 3.63) is 66.0 Å². The van der Waals surface area contributed by atoms with Gasteiger partial charge >= 0.3 is 0 Å². The van der Waals surface area contributed by atoms with Crippen LogP contribution >= 0.6 is 0 Å². The lowest BCUT2D eigenvalue weighted by Gasteiger charge is -2.03. The van der Waals surface area contributed by atoms with Crippen molar-refractivity contribution in [1.82, 2.24) is 0 Å². The SMILES string of the molecule is CS(=O)(=NC(=O)c1ccc(F)cc1)c1ccccc1. The molecular formula is C14H12FNO2S. The number of amides is 1. The Morgan fingerprint density at radius 1 is 1.05 bits per heavy atom. The van der Waals surface area contributed by atoms with Crippen LogP contribution in [0.2, 0.25) is 0 Å². The maximum absolute atomic E-state index is 12.8. The van der Waals surface area contributed by atoms with Gasteiger partial charge in [-0.3, -0.25) is 4.79 Å². The number of rotatable bonds is 2. The minimum absolute atomic E-state index is 0.215. The van der Waals surface area contributed by atoms with Crippen molar-refractivity contribution in [3.8, 4) is 0 Å². The molecule has 0 aromatic heterocycles. The molecule has 1 atom stereocenters. The monoisotopic (exact) mass is 277 g/mol. The maximum atomic E-state index is 12.8. The van der Waals surface area contributed by atoms with Crippen LogP contribution in [0, 0.1) is 5.82 Å². The molecule has 0 saturated heterocycles. The summed E-state index contributed by atoms with van der Waals surface area (Å²) in [7, 11) is -2.79. The second-order valence-electron chi connectivity index (χ2n) is 4.02. The summed E-state index contributed by atoms with van der Waals surface area (Å²) >= 11 is 0. The Kier molecular flexibility index (Phi) is 3.76. The number of hydrogen-bond acceptors (Lipinski definition) is 2. The molecule has 0 heterocycles. The molecule has 0 aliphatic rings. The molecule has 0 radical (unpaired) electrons. The van der Waals surface area contributed by atoms with Crippen LogP contribution in [-0.4, -0.2) is 16.4 Å². The first kappa shape index (κ1) is 13.4. The van der Waals surface area contributed by atoms with Gasteiger partial charge in [-0.05, 0) is 36.4 Å². The molecule has 5 heteroatoms. The van der Waals surface area contributed by atoms with Crippen LogP contribution in [0.25, 0.3) is 0 Å². The normalized spacial score (nSPS) is 13.6. The molecule has 1 unspecified atom stereocenters. The van der Waals surface area contributed by atoms with Gasteiger partial charge in [-0.1, -0.05) is 18.2 Å². The van der Waals surface area contributed by atoms with Gasteiger partial charge < -0.3 is 0 Å². The fourth-order valence-corrected chi connectivity index (χ4v) is 2.72. The van der Waals surface area contributed by atoms with Crippen LogP contribution in [-0.2, 0) is 9.73 Å². The molecule has 1 amide bonds. The van der Waals surface area contributed by atoms with Crippen molar-refractivity contribution >= 4 is 15.6 Å². The second-order valence-corrected chi connectivity index (χ2v) is 6.28. The van der Waals surface area contributed by atoms with Crippen molar-refractivity contribution in [3.63, 3.8) is 0 Å². The highest BCUT2D eigenvalue weighted by Crippen LogP contribution is 2.13. The van der Waals surface area contributed by atoms with E-state index in [-0.39, 0.29) is 5.56 Å². The molecule has 3 nitrogen and oxygen atoms in total. The fraction of sp³-hybridized carbons (Fsp3) is 0.0714. The molecule has 2 rings (SSSR count). The summed E-state index contributed by atoms with van der Waals surface area (Å²) < 4.78 is 28.9. The van der Waals surface area contributed by atoms with Gasteiger partial charge in [0.05, 0.1) is 9.73 Å². The Morgan fingerprint density at radius 2 is 1.63 bits per heavy atom. The van der Waals surface area contributed by atoms with Crippen molar-refractivity contribution in [1.29, 1.82) is 0 Å². The summed E-state index contributed by atoms with van der Waals surface area (Å²) in [5, 5.41) is 0. The van der Waals surface area contributed by atoms with Gasteiger partial charge in [0.2, 0.25) is 0 Å². The smallest absolute Gasteiger partial charge is 0.266 e. The molecule has 19 heavy (non-hydrogen) atoms. The average Bonchev–Trinajstić information content (AvgIpc) is 2.40. The van der Waals surface area contributed by atoms with Gasteiger partial charge in [0, 0.05) is 16.7 Å². The zero-order valence-corrected chi connectivity index (χ0v) is 11.1. The van der Waals surface area contributed by atoms with Crippen molar-refractivity contribution in [2.24, 2.45) is 4.36 Å². The summed E-state index contributed by atoms with van der Waals surface area (Å²) in [6.07, 6.45) is 1.41. The third kappa shape index (κ3) is 3.26. The summed E-state index contributed by atoms with van der Waals surface area (Å²) in [6, 6.07) is 13.6. The van der Waals surface area contributed by atoms with E-state index in [1.54, 1.807) is 30.3 Å². The standard InChI is InChI=1S/C14H12FNO2S/c1-19(18,13-5-3-2-4-6-13)16-14(17)11-7-9-12(15)10-8-11/h2-10H,1H3. The van der Waals surface area contributed by atoms with Crippen LogP contribution in [0.15, 0.2) is 63.9 Å². The lowest BCUT2D eigenvalue weighted by atomic mass is 10.2. The van der Waals surface area contributed by atoms with Crippen molar-refractivity contribution in [2.45, 2.75) is 4.90 Å². The second kappa shape index (κ2) is 5.32. The predicted molar refractivity (Wildman–Crippen MR) is 71.9 cm³/mol. The van der Waals surface area contributed by atoms with E-state index >= 15 is 0 Å². The van der Waals surface area contributed by atoms with Gasteiger partial charge in [-0.2, -0.15) is 4.36 Å². The minimum atomic E-state index is -2.79. The van der Waals surface area contributed by atoms with E-state index < -0.39 is 21.5 Å². The number of benzene rings is 2. The topological polar surface area (TPSA) is 46.5 Å². The number of carbonyl (C=O) groups excluding carboxylic acids is 1. The molecule has 0 saturated carbocycles. The molecule has 2 aromatic carbocycles. The predicted octanol–water partition coefficient (Wildman–Crippen LogP) is 3.12.